The van der Waals surface area contributed by atoms with E-state index in [4.69, 9.17) is 10.8 Å². The second-order valence-corrected chi connectivity index (χ2v) is 3.27. The maximum Gasteiger partial charge on any atom is 0.154 e. The van der Waals surface area contributed by atoms with Crippen molar-refractivity contribution in [2.45, 2.75) is 19.3 Å². The van der Waals surface area contributed by atoms with Crippen molar-refractivity contribution in [1.82, 2.24) is 10.2 Å². The van der Waals surface area contributed by atoms with E-state index < -0.39 is 0 Å². The highest BCUT2D eigenvalue weighted by molar-refractivity contribution is 5.31. The molecule has 0 saturated carbocycles. The Morgan fingerprint density at radius 2 is 2.36 bits per heavy atom. The highest BCUT2D eigenvalue weighted by atomic mass is 16.3. The zero-order chi connectivity index (χ0) is 8.48. The second kappa shape index (κ2) is 2.54. The van der Waals surface area contributed by atoms with Crippen molar-refractivity contribution in [1.29, 1.82) is 0 Å². The number of nitrogens with two attached hydrogens (primary N) is 1. The Morgan fingerprint density at radius 1 is 1.73 bits per heavy atom. The molecule has 0 aliphatic heterocycles. The third-order valence-electron chi connectivity index (χ3n) is 1.77. The lowest BCUT2D eigenvalue weighted by Gasteiger charge is -2.15. The molecule has 0 saturated heterocycles. The topological polar surface area (TPSA) is 77.6 Å². The summed E-state index contributed by atoms with van der Waals surface area (Å²) in [4.78, 5) is 0. The molecule has 0 fully saturated rings. The molecule has 0 unspecified atom stereocenters. The van der Waals surface area contributed by atoms with Gasteiger partial charge in [0.05, 0.1) is 11.1 Å². The van der Waals surface area contributed by atoms with Crippen molar-refractivity contribution in [3.05, 3.63) is 11.8 Å². The van der Waals surface area contributed by atoms with E-state index in [1.807, 2.05) is 13.8 Å². The van der Waals surface area contributed by atoms with E-state index >= 15 is 0 Å². The summed E-state index contributed by atoms with van der Waals surface area (Å²) in [7, 11) is 0. The van der Waals surface area contributed by atoms with Crippen molar-refractivity contribution in [2.24, 2.45) is 0 Å². The van der Waals surface area contributed by atoms with E-state index in [2.05, 4.69) is 10.2 Å². The van der Waals surface area contributed by atoms with E-state index in [-0.39, 0.29) is 5.41 Å². The molecule has 1 heterocycles. The molecule has 0 aromatic carbocycles. The molecule has 1 aromatic heterocycles. The molecule has 4 nitrogen and oxygen atoms in total. The van der Waals surface area contributed by atoms with Gasteiger partial charge in [0.1, 0.15) is 5.82 Å². The summed E-state index contributed by atoms with van der Waals surface area (Å²) in [6.07, 6.45) is 0. The van der Waals surface area contributed by atoms with Crippen LogP contribution in [0.15, 0.2) is 6.07 Å². The molecule has 0 spiro atoms. The predicted octanol–water partition coefficient (Wildman–Crippen LogP) is -0.00590. The van der Waals surface area contributed by atoms with Crippen LogP contribution >= 0.6 is 0 Å². The minimum Gasteiger partial charge on any atom is -0.445 e. The number of rotatable bonds is 2. The number of hydrogen-bond acceptors (Lipinski definition) is 2. The van der Waals surface area contributed by atoms with E-state index in [0.29, 0.717) is 12.4 Å². The minimum atomic E-state index is -0.176. The number of aromatic nitrogens is 2. The highest BCUT2D eigenvalue weighted by Gasteiger charge is 2.24. The summed E-state index contributed by atoms with van der Waals surface area (Å²) < 4.78 is 0. The van der Waals surface area contributed by atoms with Crippen LogP contribution in [-0.4, -0.2) is 21.9 Å². The minimum absolute atomic E-state index is 0.176. The van der Waals surface area contributed by atoms with Crippen LogP contribution in [0.4, 0.5) is 5.82 Å². The van der Waals surface area contributed by atoms with Gasteiger partial charge in [0.15, 0.2) is 6.61 Å². The number of hydrogen-bond donors (Lipinski definition) is 2. The van der Waals surface area contributed by atoms with Crippen LogP contribution in [-0.2, 0) is 5.41 Å². The number of anilines is 1. The lowest BCUT2D eigenvalue weighted by molar-refractivity contribution is 0.215. The predicted molar refractivity (Wildman–Crippen MR) is 44.5 cm³/mol. The standard InChI is InChI=1S/C7H13N3O/c1-7(2,4-11)5-3-6(8)10-9-5/h3,11H,4H2,1-2H3,(H3,8,9,10)/p+1. The third kappa shape index (κ3) is 1.51. The lowest BCUT2D eigenvalue weighted by atomic mass is 9.91. The molecular formula is C7H14N3O+. The largest absolute Gasteiger partial charge is 0.445 e. The zero-order valence-electron chi connectivity index (χ0n) is 6.81. The molecule has 0 radical (unpaired) electrons. The van der Waals surface area contributed by atoms with E-state index in [0.717, 1.165) is 5.69 Å². The maximum atomic E-state index is 7.26. The first-order valence-corrected chi connectivity index (χ1v) is 3.52. The molecule has 5 N–H and O–H groups in total. The molecule has 0 atom stereocenters. The van der Waals surface area contributed by atoms with Crippen LogP contribution < -0.4 is 5.73 Å². The van der Waals surface area contributed by atoms with Gasteiger partial charge in [-0.3, -0.25) is 5.10 Å². The number of nitrogen functional groups attached to an aromatic ring is 1. The Bertz CT molecular complexity index is 242. The van der Waals surface area contributed by atoms with Crippen LogP contribution in [0.3, 0.4) is 0 Å². The Hall–Kier alpha value is -1.03. The Labute approximate surface area is 65.4 Å². The third-order valence-corrected chi connectivity index (χ3v) is 1.77. The normalized spacial score (nSPS) is 11.9. The van der Waals surface area contributed by atoms with Crippen LogP contribution in [0.25, 0.3) is 0 Å². The summed E-state index contributed by atoms with van der Waals surface area (Å²) in [5.41, 5.74) is 6.17. The quantitative estimate of drug-likeness (QED) is 0.591. The summed E-state index contributed by atoms with van der Waals surface area (Å²) >= 11 is 0. The fourth-order valence-electron chi connectivity index (χ4n) is 0.779. The summed E-state index contributed by atoms with van der Waals surface area (Å²) in [6.45, 7) is 4.29. The first kappa shape index (κ1) is 8.07. The Morgan fingerprint density at radius 3 is 2.73 bits per heavy atom. The van der Waals surface area contributed by atoms with Gasteiger partial charge < -0.3 is 10.8 Å². The fraction of sp³-hybridized carbons (Fsp3) is 0.571. The van der Waals surface area contributed by atoms with Crippen LogP contribution in [0.1, 0.15) is 19.5 Å². The highest BCUT2D eigenvalue weighted by Crippen LogP contribution is 2.20. The SMILES string of the molecule is CC(C)(C[OH2+])c1cc(N)n[nH]1. The Kier molecular flexibility index (Phi) is 1.87. The van der Waals surface area contributed by atoms with Gasteiger partial charge >= 0.3 is 0 Å². The average Bonchev–Trinajstić information content (AvgIpc) is 2.36. The van der Waals surface area contributed by atoms with E-state index in [1.165, 1.54) is 0 Å². The number of aromatic amines is 1. The van der Waals surface area contributed by atoms with Gasteiger partial charge in [-0.25, -0.2) is 0 Å². The number of H-pyrrole nitrogens is 1. The molecule has 0 amide bonds. The molecule has 0 aliphatic rings. The zero-order valence-corrected chi connectivity index (χ0v) is 6.81. The van der Waals surface area contributed by atoms with Crippen molar-refractivity contribution in [3.63, 3.8) is 0 Å². The van der Waals surface area contributed by atoms with Crippen molar-refractivity contribution < 1.29 is 5.11 Å². The maximum absolute atomic E-state index is 7.26. The summed E-state index contributed by atoms with van der Waals surface area (Å²) in [5.74, 6) is 0.488. The van der Waals surface area contributed by atoms with Gasteiger partial charge in [-0.2, -0.15) is 5.10 Å². The van der Waals surface area contributed by atoms with Crippen LogP contribution in [0, 0.1) is 0 Å². The van der Waals surface area contributed by atoms with Gasteiger partial charge in [-0.1, -0.05) is 0 Å². The molecule has 62 valence electrons. The molecule has 0 aliphatic carbocycles. The van der Waals surface area contributed by atoms with Gasteiger partial charge in [-0.15, -0.1) is 0 Å². The van der Waals surface area contributed by atoms with E-state index in [1.54, 1.807) is 6.07 Å². The smallest absolute Gasteiger partial charge is 0.154 e. The lowest BCUT2D eigenvalue weighted by Crippen LogP contribution is -2.22. The number of nitrogens with zero attached hydrogens (tertiary/aromatic N) is 1. The van der Waals surface area contributed by atoms with Crippen molar-refractivity contribution in [3.8, 4) is 0 Å². The molecule has 0 bridgehead atoms. The van der Waals surface area contributed by atoms with Gasteiger partial charge in [-0.05, 0) is 13.8 Å². The van der Waals surface area contributed by atoms with Gasteiger partial charge in [0, 0.05) is 6.07 Å². The first-order valence-electron chi connectivity index (χ1n) is 3.52. The van der Waals surface area contributed by atoms with Crippen molar-refractivity contribution >= 4 is 5.82 Å². The molecule has 1 rings (SSSR count). The summed E-state index contributed by atoms with van der Waals surface area (Å²) in [5, 5.41) is 13.9. The van der Waals surface area contributed by atoms with Gasteiger partial charge in [0.25, 0.3) is 0 Å². The molecule has 11 heavy (non-hydrogen) atoms. The van der Waals surface area contributed by atoms with E-state index in [9.17, 15) is 0 Å². The van der Waals surface area contributed by atoms with Gasteiger partial charge in [0.2, 0.25) is 0 Å². The average molecular weight is 156 g/mol. The first-order chi connectivity index (χ1) is 5.06. The van der Waals surface area contributed by atoms with Crippen molar-refractivity contribution in [2.75, 3.05) is 12.3 Å². The fourth-order valence-corrected chi connectivity index (χ4v) is 0.779. The molecule has 4 heteroatoms. The Balaban J connectivity index is 2.92. The molecule has 1 aromatic rings. The molecular weight excluding hydrogens is 142 g/mol. The van der Waals surface area contributed by atoms with Crippen LogP contribution in [0.5, 0.6) is 0 Å². The monoisotopic (exact) mass is 156 g/mol. The van der Waals surface area contributed by atoms with Crippen LogP contribution in [0.2, 0.25) is 0 Å². The second-order valence-electron chi connectivity index (χ2n) is 3.27. The summed E-state index contributed by atoms with van der Waals surface area (Å²) in [6, 6.07) is 1.77. The number of nitrogens with one attached hydrogen (secondary N) is 1.